The summed E-state index contributed by atoms with van der Waals surface area (Å²) >= 11 is 3.23. The van der Waals surface area contributed by atoms with Gasteiger partial charge in [-0.15, -0.1) is 0 Å². The van der Waals surface area contributed by atoms with E-state index in [1.807, 2.05) is 0 Å². The van der Waals surface area contributed by atoms with Crippen LogP contribution in [0, 0.1) is 0 Å². The molecule has 0 aliphatic heterocycles. The van der Waals surface area contributed by atoms with Gasteiger partial charge in [0.25, 0.3) is 5.91 Å². The Hall–Kier alpha value is -3.31. The van der Waals surface area contributed by atoms with E-state index < -0.39 is 23.8 Å². The highest BCUT2D eigenvalue weighted by Crippen LogP contribution is 2.18. The molecule has 3 aromatic rings. The molecule has 2 heterocycles. The van der Waals surface area contributed by atoms with Crippen LogP contribution in [0.1, 0.15) is 17.4 Å². The van der Waals surface area contributed by atoms with Crippen LogP contribution in [-0.2, 0) is 16.1 Å². The lowest BCUT2D eigenvalue weighted by atomic mass is 10.2. The fourth-order valence-electron chi connectivity index (χ4n) is 3.05. The summed E-state index contributed by atoms with van der Waals surface area (Å²) in [5.74, 6) is -1.30. The largest absolute Gasteiger partial charge is 0.394 e. The first kappa shape index (κ1) is 22.4. The molecule has 4 N–H and O–H groups in total. The van der Waals surface area contributed by atoms with Crippen molar-refractivity contribution >= 4 is 50.4 Å². The number of aliphatic hydroxyl groups is 1. The minimum absolute atomic E-state index is 0.0589. The Morgan fingerprint density at radius 1 is 1.23 bits per heavy atom. The van der Waals surface area contributed by atoms with Crippen molar-refractivity contribution in [1.82, 2.24) is 19.7 Å². The Kier molecular flexibility index (Phi) is 6.98. The number of aliphatic hydroxyl groups excluding tert-OH is 1. The number of aromatic nitrogens is 3. The summed E-state index contributed by atoms with van der Waals surface area (Å²) in [6.07, 6.45) is 0. The Bertz CT molecular complexity index is 1130. The lowest BCUT2D eigenvalue weighted by Crippen LogP contribution is -2.46. The fraction of sp³-hybridized carbons (Fsp3) is 0.250. The Labute approximate surface area is 186 Å². The zero-order valence-corrected chi connectivity index (χ0v) is 18.2. The lowest BCUT2D eigenvalue weighted by Gasteiger charge is -2.27. The number of fused-ring (bicyclic) bond motifs is 1. The molecule has 0 spiro atoms. The second-order valence-corrected chi connectivity index (χ2v) is 7.65. The van der Waals surface area contributed by atoms with Crippen LogP contribution >= 0.6 is 15.9 Å². The molecule has 0 saturated heterocycles. The molecule has 0 fully saturated rings. The second kappa shape index (κ2) is 9.67. The highest BCUT2D eigenvalue weighted by atomic mass is 79.9. The molecule has 0 radical (unpaired) electrons. The van der Waals surface area contributed by atoms with Crippen LogP contribution < -0.4 is 11.1 Å². The quantitative estimate of drug-likeness (QED) is 0.405. The van der Waals surface area contributed by atoms with Gasteiger partial charge in [-0.05, 0) is 41.1 Å². The molecule has 1 atom stereocenters. The van der Waals surface area contributed by atoms with E-state index in [0.717, 1.165) is 0 Å². The average Bonchev–Trinajstić information content (AvgIpc) is 3.10. The Morgan fingerprint density at radius 3 is 2.65 bits per heavy atom. The average molecular weight is 489 g/mol. The van der Waals surface area contributed by atoms with E-state index in [2.05, 4.69) is 31.3 Å². The van der Waals surface area contributed by atoms with E-state index in [1.54, 1.807) is 49.4 Å². The minimum Gasteiger partial charge on any atom is -0.394 e. The first-order valence-corrected chi connectivity index (χ1v) is 10.2. The van der Waals surface area contributed by atoms with E-state index >= 15 is 0 Å². The summed E-state index contributed by atoms with van der Waals surface area (Å²) in [6, 6.07) is 11.3. The topological polar surface area (TPSA) is 143 Å². The molecular weight excluding hydrogens is 468 g/mol. The molecule has 2 aromatic heterocycles. The molecular formula is C20H21BrN6O4. The number of carbonyl (C=O) groups is 3. The molecule has 162 valence electrons. The van der Waals surface area contributed by atoms with Gasteiger partial charge in [-0.2, -0.15) is 5.10 Å². The maximum absolute atomic E-state index is 13.0. The maximum Gasteiger partial charge on any atom is 0.269 e. The van der Waals surface area contributed by atoms with Gasteiger partial charge in [0.1, 0.15) is 23.5 Å². The lowest BCUT2D eigenvalue weighted by molar-refractivity contribution is -0.138. The number of nitrogens with zero attached hydrogens (tertiary/aromatic N) is 4. The summed E-state index contributed by atoms with van der Waals surface area (Å²) in [5.41, 5.74) is 6.02. The molecule has 0 aliphatic rings. The molecule has 11 heteroatoms. The van der Waals surface area contributed by atoms with Crippen LogP contribution in [0.3, 0.4) is 0 Å². The van der Waals surface area contributed by atoms with Crippen LogP contribution in [0.2, 0.25) is 0 Å². The molecule has 0 aliphatic carbocycles. The van der Waals surface area contributed by atoms with Crippen molar-refractivity contribution in [1.29, 1.82) is 0 Å². The first-order chi connectivity index (χ1) is 14.8. The van der Waals surface area contributed by atoms with Crippen LogP contribution in [0.25, 0.3) is 10.9 Å². The number of nitrogens with one attached hydrogen (secondary N) is 1. The van der Waals surface area contributed by atoms with Crippen molar-refractivity contribution in [2.45, 2.75) is 19.5 Å². The smallest absolute Gasteiger partial charge is 0.269 e. The van der Waals surface area contributed by atoms with E-state index in [1.165, 1.54) is 9.58 Å². The van der Waals surface area contributed by atoms with Gasteiger partial charge in [-0.1, -0.05) is 24.3 Å². The van der Waals surface area contributed by atoms with Gasteiger partial charge in [0.2, 0.25) is 11.8 Å². The summed E-state index contributed by atoms with van der Waals surface area (Å²) in [4.78, 5) is 42.6. The molecule has 0 bridgehead atoms. The molecule has 10 nitrogen and oxygen atoms in total. The predicted molar refractivity (Wildman–Crippen MR) is 117 cm³/mol. The highest BCUT2D eigenvalue weighted by Gasteiger charge is 2.25. The summed E-state index contributed by atoms with van der Waals surface area (Å²) in [6.45, 7) is 0.760. The summed E-state index contributed by atoms with van der Waals surface area (Å²) in [5, 5.41) is 16.9. The number of hydrogen-bond donors (Lipinski definition) is 3. The van der Waals surface area contributed by atoms with Gasteiger partial charge < -0.3 is 21.1 Å². The van der Waals surface area contributed by atoms with Gasteiger partial charge in [-0.3, -0.25) is 19.1 Å². The number of nitrogens with two attached hydrogens (primary N) is 1. The third kappa shape index (κ3) is 5.25. The number of rotatable bonds is 8. The number of amides is 3. The van der Waals surface area contributed by atoms with Gasteiger partial charge in [0.15, 0.2) is 5.69 Å². The van der Waals surface area contributed by atoms with Crippen LogP contribution in [0.4, 0.5) is 5.82 Å². The molecule has 0 saturated carbocycles. The zero-order valence-electron chi connectivity index (χ0n) is 16.7. The third-order valence-electron chi connectivity index (χ3n) is 4.59. The van der Waals surface area contributed by atoms with Gasteiger partial charge in [0, 0.05) is 5.39 Å². The normalized spacial score (nSPS) is 11.8. The number of carbonyl (C=O) groups excluding carboxylic acids is 3. The van der Waals surface area contributed by atoms with Crippen LogP contribution in [-0.4, -0.2) is 61.7 Å². The SMILES string of the molecule is CC(CO)N(CC(=O)Nc1cccc(Br)n1)C(=O)Cn1nc(C(N)=O)c2ccccc21. The van der Waals surface area contributed by atoms with Crippen LogP contribution in [0.5, 0.6) is 0 Å². The number of halogens is 1. The Morgan fingerprint density at radius 2 is 1.97 bits per heavy atom. The van der Waals surface area contributed by atoms with Crippen molar-refractivity contribution in [3.05, 3.63) is 52.8 Å². The Balaban J connectivity index is 1.80. The molecule has 3 rings (SSSR count). The maximum atomic E-state index is 13.0. The molecule has 31 heavy (non-hydrogen) atoms. The van der Waals surface area contributed by atoms with E-state index in [-0.39, 0.29) is 25.4 Å². The zero-order chi connectivity index (χ0) is 22.5. The van der Waals surface area contributed by atoms with Gasteiger partial charge in [0.05, 0.1) is 18.2 Å². The number of hydrogen-bond acceptors (Lipinski definition) is 6. The minimum atomic E-state index is -0.705. The first-order valence-electron chi connectivity index (χ1n) is 9.38. The third-order valence-corrected chi connectivity index (χ3v) is 5.03. The monoisotopic (exact) mass is 488 g/mol. The second-order valence-electron chi connectivity index (χ2n) is 6.83. The summed E-state index contributed by atoms with van der Waals surface area (Å²) < 4.78 is 1.92. The number of pyridine rings is 1. The number of para-hydroxylation sites is 1. The highest BCUT2D eigenvalue weighted by molar-refractivity contribution is 9.10. The van der Waals surface area contributed by atoms with Crippen molar-refractivity contribution in [3.63, 3.8) is 0 Å². The van der Waals surface area contributed by atoms with Crippen molar-refractivity contribution < 1.29 is 19.5 Å². The van der Waals surface area contributed by atoms with Crippen molar-refractivity contribution in [2.75, 3.05) is 18.5 Å². The standard InChI is InChI=1S/C20H21BrN6O4/c1-12(11-28)26(9-17(29)24-16-8-4-7-15(21)23-16)18(30)10-27-14-6-3-2-5-13(14)19(25-27)20(22)31/h2-8,12,28H,9-11H2,1H3,(H2,22,31)(H,23,24,29). The molecule has 1 unspecified atom stereocenters. The van der Waals surface area contributed by atoms with E-state index in [0.29, 0.717) is 21.3 Å². The predicted octanol–water partition coefficient (Wildman–Crippen LogP) is 1.14. The van der Waals surface area contributed by atoms with Crippen molar-refractivity contribution in [2.24, 2.45) is 5.73 Å². The number of primary amides is 1. The van der Waals surface area contributed by atoms with E-state index in [4.69, 9.17) is 5.73 Å². The van der Waals surface area contributed by atoms with Gasteiger partial charge in [-0.25, -0.2) is 4.98 Å². The summed E-state index contributed by atoms with van der Waals surface area (Å²) in [7, 11) is 0. The van der Waals surface area contributed by atoms with E-state index in [9.17, 15) is 19.5 Å². The number of benzene rings is 1. The number of anilines is 1. The van der Waals surface area contributed by atoms with Crippen molar-refractivity contribution in [3.8, 4) is 0 Å². The molecule has 1 aromatic carbocycles. The van der Waals surface area contributed by atoms with Crippen LogP contribution in [0.15, 0.2) is 47.1 Å². The van der Waals surface area contributed by atoms with Gasteiger partial charge >= 0.3 is 0 Å². The molecule has 3 amide bonds. The fourth-order valence-corrected chi connectivity index (χ4v) is 3.40.